The number of hydrogen-bond acceptors (Lipinski definition) is 3. The van der Waals surface area contributed by atoms with Crippen LogP contribution in [0.4, 0.5) is 0 Å². The Labute approximate surface area is 134 Å². The largest absolute Gasteiger partial charge is 0.493 e. The summed E-state index contributed by atoms with van der Waals surface area (Å²) in [6, 6.07) is 8.53. The second kappa shape index (κ2) is 7.98. The molecule has 3 rings (SSSR count). The van der Waals surface area contributed by atoms with E-state index in [4.69, 9.17) is 9.47 Å². The van der Waals surface area contributed by atoms with Gasteiger partial charge >= 0.3 is 0 Å². The summed E-state index contributed by atoms with van der Waals surface area (Å²) in [6.45, 7) is 8.44. The van der Waals surface area contributed by atoms with E-state index in [-0.39, 0.29) is 0 Å². The van der Waals surface area contributed by atoms with Gasteiger partial charge in [-0.25, -0.2) is 0 Å². The van der Waals surface area contributed by atoms with Crippen molar-refractivity contribution in [1.82, 2.24) is 4.90 Å². The minimum Gasteiger partial charge on any atom is -0.493 e. The van der Waals surface area contributed by atoms with E-state index in [0.717, 1.165) is 43.8 Å². The Morgan fingerprint density at radius 2 is 1.95 bits per heavy atom. The molecule has 1 fully saturated rings. The number of likely N-dealkylation sites (tertiary alicyclic amines) is 1. The molecule has 0 amide bonds. The molecule has 0 N–H and O–H groups in total. The van der Waals surface area contributed by atoms with Crippen LogP contribution in [0.5, 0.6) is 5.75 Å². The molecule has 0 saturated carbocycles. The highest BCUT2D eigenvalue weighted by atomic mass is 16.5. The van der Waals surface area contributed by atoms with Gasteiger partial charge in [-0.1, -0.05) is 18.2 Å². The van der Waals surface area contributed by atoms with Crippen LogP contribution in [-0.2, 0) is 11.2 Å². The van der Waals surface area contributed by atoms with Gasteiger partial charge < -0.3 is 14.4 Å². The van der Waals surface area contributed by atoms with Crippen molar-refractivity contribution < 1.29 is 9.47 Å². The van der Waals surface area contributed by atoms with Gasteiger partial charge in [-0.3, -0.25) is 0 Å². The number of nitrogens with zero attached hydrogens (tertiary/aromatic N) is 1. The molecule has 22 heavy (non-hydrogen) atoms. The van der Waals surface area contributed by atoms with Crippen molar-refractivity contribution in [2.75, 3.05) is 39.5 Å². The number of piperidine rings is 1. The molecule has 0 aliphatic carbocycles. The van der Waals surface area contributed by atoms with Crippen LogP contribution in [0.1, 0.15) is 31.7 Å². The normalized spacial score (nSPS) is 23.6. The third-order valence-corrected chi connectivity index (χ3v) is 5.05. The standard InChI is InChI=1S/C19H29NO2/c1-2-21-15-16-7-10-20(11-8-16)14-17-9-12-22-19-6-4-3-5-18(19)13-17/h3-6,16-17H,2,7-15H2,1H3/t17-/m1/s1. The van der Waals surface area contributed by atoms with Crippen molar-refractivity contribution in [2.45, 2.75) is 32.6 Å². The molecule has 0 bridgehead atoms. The Morgan fingerprint density at radius 3 is 2.77 bits per heavy atom. The van der Waals surface area contributed by atoms with E-state index in [9.17, 15) is 0 Å². The summed E-state index contributed by atoms with van der Waals surface area (Å²) in [6.07, 6.45) is 4.92. The Bertz CT molecular complexity index is 455. The molecular weight excluding hydrogens is 274 g/mol. The van der Waals surface area contributed by atoms with Gasteiger partial charge in [-0.2, -0.15) is 0 Å². The van der Waals surface area contributed by atoms with Crippen molar-refractivity contribution in [3.63, 3.8) is 0 Å². The molecule has 1 saturated heterocycles. The molecular formula is C19H29NO2. The average Bonchev–Trinajstić information content (AvgIpc) is 2.76. The zero-order valence-electron chi connectivity index (χ0n) is 13.8. The lowest BCUT2D eigenvalue weighted by Crippen LogP contribution is -2.38. The average molecular weight is 303 g/mol. The lowest BCUT2D eigenvalue weighted by molar-refractivity contribution is 0.0689. The summed E-state index contributed by atoms with van der Waals surface area (Å²) in [4.78, 5) is 2.65. The maximum atomic E-state index is 5.89. The minimum absolute atomic E-state index is 0.729. The molecule has 1 aromatic carbocycles. The number of fused-ring (bicyclic) bond motifs is 1. The Hall–Kier alpha value is -1.06. The van der Waals surface area contributed by atoms with Crippen LogP contribution in [-0.4, -0.2) is 44.4 Å². The van der Waals surface area contributed by atoms with Crippen LogP contribution in [0, 0.1) is 11.8 Å². The first-order chi connectivity index (χ1) is 10.8. The first-order valence-electron chi connectivity index (χ1n) is 8.86. The first-order valence-corrected chi connectivity index (χ1v) is 8.86. The third-order valence-electron chi connectivity index (χ3n) is 5.05. The van der Waals surface area contributed by atoms with Crippen LogP contribution in [0.3, 0.4) is 0 Å². The number of benzene rings is 1. The van der Waals surface area contributed by atoms with E-state index >= 15 is 0 Å². The fourth-order valence-electron chi connectivity index (χ4n) is 3.70. The zero-order chi connectivity index (χ0) is 15.2. The lowest BCUT2D eigenvalue weighted by atomic mass is 9.93. The van der Waals surface area contributed by atoms with Crippen LogP contribution >= 0.6 is 0 Å². The van der Waals surface area contributed by atoms with Gasteiger partial charge in [0.1, 0.15) is 5.75 Å². The smallest absolute Gasteiger partial charge is 0.122 e. The molecule has 1 aromatic rings. The van der Waals surface area contributed by atoms with Crippen LogP contribution in [0.2, 0.25) is 0 Å². The fraction of sp³-hybridized carbons (Fsp3) is 0.684. The molecule has 0 spiro atoms. The molecule has 2 aliphatic rings. The number of hydrogen-bond donors (Lipinski definition) is 0. The Balaban J connectivity index is 1.48. The quantitative estimate of drug-likeness (QED) is 0.832. The van der Waals surface area contributed by atoms with E-state index in [0.29, 0.717) is 0 Å². The highest BCUT2D eigenvalue weighted by Crippen LogP contribution is 2.28. The molecule has 0 unspecified atom stereocenters. The van der Waals surface area contributed by atoms with Crippen molar-refractivity contribution in [2.24, 2.45) is 11.8 Å². The molecule has 0 aromatic heterocycles. The van der Waals surface area contributed by atoms with Crippen LogP contribution in [0.25, 0.3) is 0 Å². The summed E-state index contributed by atoms with van der Waals surface area (Å²) in [5.74, 6) is 2.60. The van der Waals surface area contributed by atoms with Gasteiger partial charge in [-0.15, -0.1) is 0 Å². The number of rotatable bonds is 5. The molecule has 3 nitrogen and oxygen atoms in total. The summed E-state index contributed by atoms with van der Waals surface area (Å²) in [5.41, 5.74) is 1.39. The second-order valence-electron chi connectivity index (χ2n) is 6.72. The monoisotopic (exact) mass is 303 g/mol. The molecule has 0 radical (unpaired) electrons. The number of para-hydroxylation sites is 1. The minimum atomic E-state index is 0.729. The molecule has 122 valence electrons. The SMILES string of the molecule is CCOCC1CCN(C[C@@H]2CCOc3ccccc3C2)CC1. The van der Waals surface area contributed by atoms with E-state index in [1.807, 2.05) is 0 Å². The van der Waals surface area contributed by atoms with Gasteiger partial charge in [0.15, 0.2) is 0 Å². The molecule has 1 atom stereocenters. The lowest BCUT2D eigenvalue weighted by Gasteiger charge is -2.34. The van der Waals surface area contributed by atoms with E-state index in [2.05, 4.69) is 36.1 Å². The maximum absolute atomic E-state index is 5.89. The van der Waals surface area contributed by atoms with E-state index in [1.54, 1.807) is 0 Å². The van der Waals surface area contributed by atoms with E-state index < -0.39 is 0 Å². The fourth-order valence-corrected chi connectivity index (χ4v) is 3.70. The summed E-state index contributed by atoms with van der Waals surface area (Å²) < 4.78 is 11.5. The Morgan fingerprint density at radius 1 is 1.14 bits per heavy atom. The van der Waals surface area contributed by atoms with E-state index in [1.165, 1.54) is 44.5 Å². The third kappa shape index (κ3) is 4.23. The topological polar surface area (TPSA) is 21.7 Å². The van der Waals surface area contributed by atoms with Crippen molar-refractivity contribution >= 4 is 0 Å². The van der Waals surface area contributed by atoms with Crippen molar-refractivity contribution in [1.29, 1.82) is 0 Å². The molecule has 2 heterocycles. The predicted molar refractivity (Wildman–Crippen MR) is 89.4 cm³/mol. The summed E-state index contributed by atoms with van der Waals surface area (Å²) in [5, 5.41) is 0. The molecule has 3 heteroatoms. The maximum Gasteiger partial charge on any atom is 0.122 e. The second-order valence-corrected chi connectivity index (χ2v) is 6.72. The van der Waals surface area contributed by atoms with Crippen LogP contribution < -0.4 is 4.74 Å². The van der Waals surface area contributed by atoms with Gasteiger partial charge in [-0.05, 0) is 69.2 Å². The highest BCUT2D eigenvalue weighted by molar-refractivity contribution is 5.34. The Kier molecular flexibility index (Phi) is 5.74. The predicted octanol–water partition coefficient (Wildman–Crippen LogP) is 3.38. The molecule has 2 aliphatic heterocycles. The summed E-state index contributed by atoms with van der Waals surface area (Å²) >= 11 is 0. The first kappa shape index (κ1) is 15.8. The van der Waals surface area contributed by atoms with Gasteiger partial charge in [0.25, 0.3) is 0 Å². The van der Waals surface area contributed by atoms with Crippen LogP contribution in [0.15, 0.2) is 24.3 Å². The number of ether oxygens (including phenoxy) is 2. The van der Waals surface area contributed by atoms with Gasteiger partial charge in [0.05, 0.1) is 6.61 Å². The van der Waals surface area contributed by atoms with Gasteiger partial charge in [0, 0.05) is 19.8 Å². The zero-order valence-corrected chi connectivity index (χ0v) is 13.8. The van der Waals surface area contributed by atoms with Crippen molar-refractivity contribution in [3.8, 4) is 5.75 Å². The van der Waals surface area contributed by atoms with Crippen molar-refractivity contribution in [3.05, 3.63) is 29.8 Å². The summed E-state index contributed by atoms with van der Waals surface area (Å²) in [7, 11) is 0. The highest BCUT2D eigenvalue weighted by Gasteiger charge is 2.24. The van der Waals surface area contributed by atoms with Gasteiger partial charge in [0.2, 0.25) is 0 Å².